The number of carboxylic acids is 1. The second kappa shape index (κ2) is 10.8. The first kappa shape index (κ1) is 23.3. The Hall–Kier alpha value is -2.32. The van der Waals surface area contributed by atoms with Crippen LogP contribution in [0.25, 0.3) is 11.1 Å². The van der Waals surface area contributed by atoms with Gasteiger partial charge >= 0.3 is 5.97 Å². The molecule has 0 bridgehead atoms. The maximum absolute atomic E-state index is 12.7. The van der Waals surface area contributed by atoms with E-state index < -0.39 is 22.0 Å². The monoisotopic (exact) mass is 475 g/mol. The number of rotatable bonds is 10. The van der Waals surface area contributed by atoms with Crippen LogP contribution in [0.1, 0.15) is 12.0 Å². The molecule has 3 aromatic rings. The lowest BCUT2D eigenvalue weighted by Crippen LogP contribution is -2.41. The molecule has 1 unspecified atom stereocenters. The highest BCUT2D eigenvalue weighted by molar-refractivity contribution is 7.98. The predicted molar refractivity (Wildman–Crippen MR) is 126 cm³/mol. The molecule has 8 heteroatoms. The lowest BCUT2D eigenvalue weighted by atomic mass is 10.1. The molecule has 0 amide bonds. The third-order valence-corrected chi connectivity index (χ3v) is 7.40. The first-order valence-electron chi connectivity index (χ1n) is 9.58. The van der Waals surface area contributed by atoms with Crippen LogP contribution in [-0.2, 0) is 20.6 Å². The first-order chi connectivity index (χ1) is 14.8. The average molecular weight is 476 g/mol. The molecule has 162 valence electrons. The number of benzene rings is 3. The van der Waals surface area contributed by atoms with E-state index in [0.29, 0.717) is 10.8 Å². The van der Waals surface area contributed by atoms with E-state index in [1.807, 2.05) is 42.5 Å². The number of nitrogens with one attached hydrogen (secondary N) is 1. The van der Waals surface area contributed by atoms with Crippen molar-refractivity contribution in [2.75, 3.05) is 5.75 Å². The minimum absolute atomic E-state index is 0.0217. The van der Waals surface area contributed by atoms with Gasteiger partial charge in [0.25, 0.3) is 0 Å². The third-order valence-electron chi connectivity index (χ3n) is 4.60. The second-order valence-electron chi connectivity index (χ2n) is 6.87. The Morgan fingerprint density at radius 1 is 0.935 bits per heavy atom. The lowest BCUT2D eigenvalue weighted by Gasteiger charge is -2.15. The van der Waals surface area contributed by atoms with Crippen LogP contribution in [0.15, 0.2) is 83.8 Å². The van der Waals surface area contributed by atoms with Gasteiger partial charge in [-0.05, 0) is 53.1 Å². The molecule has 31 heavy (non-hydrogen) atoms. The van der Waals surface area contributed by atoms with Gasteiger partial charge in [0.2, 0.25) is 10.0 Å². The fraction of sp³-hybridized carbons (Fsp3) is 0.174. The van der Waals surface area contributed by atoms with Crippen LogP contribution in [0, 0.1) is 0 Å². The zero-order valence-electron chi connectivity index (χ0n) is 16.6. The number of aliphatic carboxylic acids is 1. The van der Waals surface area contributed by atoms with E-state index in [4.69, 9.17) is 11.6 Å². The van der Waals surface area contributed by atoms with Crippen LogP contribution in [0.3, 0.4) is 0 Å². The zero-order valence-corrected chi connectivity index (χ0v) is 19.0. The summed E-state index contributed by atoms with van der Waals surface area (Å²) >= 11 is 7.46. The molecule has 0 aromatic heterocycles. The average Bonchev–Trinajstić information content (AvgIpc) is 2.77. The van der Waals surface area contributed by atoms with Crippen LogP contribution in [0.4, 0.5) is 0 Å². The highest BCUT2D eigenvalue weighted by Crippen LogP contribution is 2.23. The van der Waals surface area contributed by atoms with E-state index >= 15 is 0 Å². The SMILES string of the molecule is O=C(O)C(CCSCc1ccccc1)NS(=O)(=O)c1ccc(-c2ccc(Cl)cc2)cc1. The lowest BCUT2D eigenvalue weighted by molar-refractivity contribution is -0.139. The Labute approximate surface area is 191 Å². The van der Waals surface area contributed by atoms with E-state index in [1.54, 1.807) is 36.0 Å². The number of carboxylic acid groups (broad SMARTS) is 1. The molecular weight excluding hydrogens is 454 g/mol. The smallest absolute Gasteiger partial charge is 0.321 e. The fourth-order valence-corrected chi connectivity index (χ4v) is 5.25. The van der Waals surface area contributed by atoms with Gasteiger partial charge in [-0.3, -0.25) is 4.79 Å². The van der Waals surface area contributed by atoms with Gasteiger partial charge in [0, 0.05) is 10.8 Å². The predicted octanol–water partition coefficient (Wildman–Crippen LogP) is 5.06. The Balaban J connectivity index is 1.61. The molecule has 0 radical (unpaired) electrons. The maximum Gasteiger partial charge on any atom is 0.321 e. The quantitative estimate of drug-likeness (QED) is 0.400. The molecular formula is C23H22ClNO4S2. The van der Waals surface area contributed by atoms with Crippen molar-refractivity contribution in [1.29, 1.82) is 0 Å². The van der Waals surface area contributed by atoms with Crippen LogP contribution < -0.4 is 4.72 Å². The molecule has 1 atom stereocenters. The first-order valence-corrected chi connectivity index (χ1v) is 12.6. The van der Waals surface area contributed by atoms with Gasteiger partial charge in [-0.25, -0.2) is 8.42 Å². The van der Waals surface area contributed by atoms with Gasteiger partial charge < -0.3 is 5.11 Å². The Morgan fingerprint density at radius 2 is 1.52 bits per heavy atom. The van der Waals surface area contributed by atoms with Gasteiger partial charge in [0.15, 0.2) is 0 Å². The summed E-state index contributed by atoms with van der Waals surface area (Å²) in [6.07, 6.45) is 0.189. The summed E-state index contributed by atoms with van der Waals surface area (Å²) in [7, 11) is -3.96. The summed E-state index contributed by atoms with van der Waals surface area (Å²) in [4.78, 5) is 11.6. The van der Waals surface area contributed by atoms with Crippen molar-refractivity contribution in [2.45, 2.75) is 23.1 Å². The van der Waals surface area contributed by atoms with E-state index in [9.17, 15) is 18.3 Å². The number of sulfonamides is 1. The minimum Gasteiger partial charge on any atom is -0.480 e. The van der Waals surface area contributed by atoms with Crippen molar-refractivity contribution in [3.63, 3.8) is 0 Å². The van der Waals surface area contributed by atoms with Crippen molar-refractivity contribution in [1.82, 2.24) is 4.72 Å². The number of carbonyl (C=O) groups is 1. The minimum atomic E-state index is -3.96. The molecule has 0 fully saturated rings. The summed E-state index contributed by atoms with van der Waals surface area (Å²) in [6.45, 7) is 0. The molecule has 3 rings (SSSR count). The molecule has 0 saturated carbocycles. The van der Waals surface area contributed by atoms with Crippen LogP contribution >= 0.6 is 23.4 Å². The van der Waals surface area contributed by atoms with Crippen molar-refractivity contribution in [3.8, 4) is 11.1 Å². The molecule has 0 saturated heterocycles. The van der Waals surface area contributed by atoms with Crippen molar-refractivity contribution in [2.24, 2.45) is 0 Å². The molecule has 3 aromatic carbocycles. The Kier molecular flexibility index (Phi) is 8.15. The number of thioether (sulfide) groups is 1. The second-order valence-corrected chi connectivity index (χ2v) is 10.1. The zero-order chi connectivity index (χ0) is 22.3. The van der Waals surface area contributed by atoms with Crippen molar-refractivity contribution >= 4 is 39.4 Å². The standard InChI is InChI=1S/C23H22ClNO4S2/c24-20-10-6-18(7-11-20)19-8-12-21(13-9-19)31(28,29)25-22(23(26)27)14-15-30-16-17-4-2-1-3-5-17/h1-13,22,25H,14-16H2,(H,26,27). The molecule has 0 aliphatic rings. The van der Waals surface area contributed by atoms with Crippen molar-refractivity contribution in [3.05, 3.63) is 89.4 Å². The maximum atomic E-state index is 12.7. The molecule has 0 aliphatic carbocycles. The summed E-state index contributed by atoms with van der Waals surface area (Å²) in [5.74, 6) is 0.0670. The molecule has 5 nitrogen and oxygen atoms in total. The topological polar surface area (TPSA) is 83.5 Å². The number of hydrogen-bond donors (Lipinski definition) is 2. The molecule has 0 spiro atoms. The van der Waals surface area contributed by atoms with Crippen LogP contribution in [0.2, 0.25) is 5.02 Å². The van der Waals surface area contributed by atoms with Gasteiger partial charge in [0.1, 0.15) is 6.04 Å². The normalized spacial score (nSPS) is 12.4. The van der Waals surface area contributed by atoms with E-state index in [1.165, 1.54) is 12.1 Å². The summed E-state index contributed by atoms with van der Waals surface area (Å²) < 4.78 is 27.7. The Bertz CT molecular complexity index is 1100. The van der Waals surface area contributed by atoms with E-state index in [0.717, 1.165) is 22.4 Å². The largest absolute Gasteiger partial charge is 0.480 e. The van der Waals surface area contributed by atoms with Gasteiger partial charge in [-0.1, -0.05) is 66.2 Å². The fourth-order valence-electron chi connectivity index (χ4n) is 2.92. The van der Waals surface area contributed by atoms with E-state index in [-0.39, 0.29) is 11.3 Å². The van der Waals surface area contributed by atoms with Gasteiger partial charge in [-0.2, -0.15) is 16.5 Å². The summed E-state index contributed by atoms with van der Waals surface area (Å²) in [5, 5.41) is 10.1. The van der Waals surface area contributed by atoms with Gasteiger partial charge in [0.05, 0.1) is 4.90 Å². The highest BCUT2D eigenvalue weighted by Gasteiger charge is 2.25. The molecule has 2 N–H and O–H groups in total. The van der Waals surface area contributed by atoms with Crippen molar-refractivity contribution < 1.29 is 18.3 Å². The summed E-state index contributed by atoms with van der Waals surface area (Å²) in [5.41, 5.74) is 2.88. The third kappa shape index (κ3) is 6.83. The Morgan fingerprint density at radius 3 is 2.10 bits per heavy atom. The number of halogens is 1. The highest BCUT2D eigenvalue weighted by atomic mass is 35.5. The van der Waals surface area contributed by atoms with Gasteiger partial charge in [-0.15, -0.1) is 0 Å². The van der Waals surface area contributed by atoms with Crippen LogP contribution in [0.5, 0.6) is 0 Å². The van der Waals surface area contributed by atoms with E-state index in [2.05, 4.69) is 4.72 Å². The number of hydrogen-bond acceptors (Lipinski definition) is 4. The summed E-state index contributed by atoms with van der Waals surface area (Å²) in [6, 6.07) is 22.1. The van der Waals surface area contributed by atoms with Crippen LogP contribution in [-0.4, -0.2) is 31.3 Å². The molecule has 0 aliphatic heterocycles. The molecule has 0 heterocycles.